The lowest BCUT2D eigenvalue weighted by atomic mass is 10.1. The van der Waals surface area contributed by atoms with E-state index in [2.05, 4.69) is 12.2 Å². The second kappa shape index (κ2) is 10.1. The fourth-order valence-electron chi connectivity index (χ4n) is 1.82. The molecular formula is C17H28N2O3. The maximum Gasteiger partial charge on any atom is 0.251 e. The number of hydrogen-bond donors (Lipinski definition) is 2. The molecule has 0 spiro atoms. The van der Waals surface area contributed by atoms with E-state index in [1.54, 1.807) is 18.2 Å². The predicted octanol–water partition coefficient (Wildman–Crippen LogP) is 2.99. The molecule has 0 saturated heterocycles. The van der Waals surface area contributed by atoms with Crippen molar-refractivity contribution in [3.63, 3.8) is 0 Å². The summed E-state index contributed by atoms with van der Waals surface area (Å²) in [5.74, 6) is 0.453. The molecule has 0 atom stereocenters. The zero-order valence-electron chi connectivity index (χ0n) is 13.9. The van der Waals surface area contributed by atoms with Crippen molar-refractivity contribution in [2.75, 3.05) is 25.5 Å². The molecule has 0 heterocycles. The quantitative estimate of drug-likeness (QED) is 0.515. The van der Waals surface area contributed by atoms with Crippen LogP contribution in [-0.4, -0.2) is 31.8 Å². The third kappa shape index (κ3) is 6.80. The highest BCUT2D eigenvalue weighted by Crippen LogP contribution is 2.23. The first-order valence-electron chi connectivity index (χ1n) is 7.96. The molecule has 3 N–H and O–H groups in total. The van der Waals surface area contributed by atoms with Crippen LogP contribution >= 0.6 is 0 Å². The molecule has 5 nitrogen and oxygen atoms in total. The molecule has 0 aliphatic rings. The Labute approximate surface area is 133 Å². The smallest absolute Gasteiger partial charge is 0.251 e. The number of carbonyl (C=O) groups excluding carboxylic acids is 1. The number of nitrogen functional groups attached to an aromatic ring is 1. The summed E-state index contributed by atoms with van der Waals surface area (Å²) >= 11 is 0. The van der Waals surface area contributed by atoms with Crippen LogP contribution in [0.15, 0.2) is 18.2 Å². The Hall–Kier alpha value is -1.75. The molecule has 5 heteroatoms. The zero-order chi connectivity index (χ0) is 16.4. The molecule has 0 unspecified atom stereocenters. The van der Waals surface area contributed by atoms with Gasteiger partial charge in [-0.05, 0) is 44.9 Å². The Morgan fingerprint density at radius 3 is 2.73 bits per heavy atom. The van der Waals surface area contributed by atoms with Crippen molar-refractivity contribution < 1.29 is 14.3 Å². The molecule has 0 saturated carbocycles. The van der Waals surface area contributed by atoms with E-state index in [1.165, 1.54) is 0 Å². The van der Waals surface area contributed by atoms with Crippen molar-refractivity contribution >= 4 is 11.6 Å². The number of nitrogens with one attached hydrogen (secondary N) is 1. The molecule has 22 heavy (non-hydrogen) atoms. The van der Waals surface area contributed by atoms with Crippen LogP contribution in [0, 0.1) is 0 Å². The fourth-order valence-corrected chi connectivity index (χ4v) is 1.82. The first kappa shape index (κ1) is 18.3. The molecule has 0 aromatic heterocycles. The second-order valence-corrected chi connectivity index (χ2v) is 5.48. The first-order chi connectivity index (χ1) is 10.5. The Kier molecular flexibility index (Phi) is 8.36. The largest absolute Gasteiger partial charge is 0.491 e. The lowest BCUT2D eigenvalue weighted by Crippen LogP contribution is -2.25. The van der Waals surface area contributed by atoms with Gasteiger partial charge in [-0.25, -0.2) is 0 Å². The number of anilines is 1. The maximum absolute atomic E-state index is 12.1. The molecule has 1 amide bonds. The second-order valence-electron chi connectivity index (χ2n) is 5.48. The molecule has 1 rings (SSSR count). The molecular weight excluding hydrogens is 280 g/mol. The Morgan fingerprint density at radius 2 is 2.05 bits per heavy atom. The van der Waals surface area contributed by atoms with Crippen molar-refractivity contribution in [3.8, 4) is 5.75 Å². The van der Waals surface area contributed by atoms with Gasteiger partial charge in [0.2, 0.25) is 0 Å². The summed E-state index contributed by atoms with van der Waals surface area (Å²) in [6.45, 7) is 7.92. The molecule has 0 radical (unpaired) electrons. The highest BCUT2D eigenvalue weighted by molar-refractivity contribution is 5.95. The maximum atomic E-state index is 12.1. The number of rotatable bonds is 10. The minimum Gasteiger partial charge on any atom is -0.491 e. The lowest BCUT2D eigenvalue weighted by Gasteiger charge is -2.11. The van der Waals surface area contributed by atoms with E-state index < -0.39 is 0 Å². The van der Waals surface area contributed by atoms with Crippen LogP contribution in [0.4, 0.5) is 5.69 Å². The lowest BCUT2D eigenvalue weighted by molar-refractivity contribution is 0.0757. The van der Waals surface area contributed by atoms with E-state index in [0.29, 0.717) is 36.8 Å². The van der Waals surface area contributed by atoms with E-state index in [9.17, 15) is 4.79 Å². The van der Waals surface area contributed by atoms with Crippen LogP contribution in [0.5, 0.6) is 5.75 Å². The number of nitrogens with two attached hydrogens (primary N) is 1. The molecule has 1 aromatic rings. The summed E-state index contributed by atoms with van der Waals surface area (Å²) in [7, 11) is 0. The van der Waals surface area contributed by atoms with E-state index >= 15 is 0 Å². The summed E-state index contributed by atoms with van der Waals surface area (Å²) in [5, 5.41) is 2.87. The van der Waals surface area contributed by atoms with Crippen molar-refractivity contribution in [2.45, 2.75) is 46.1 Å². The molecule has 0 aliphatic carbocycles. The molecule has 0 aliphatic heterocycles. The Balaban J connectivity index is 2.46. The van der Waals surface area contributed by atoms with Gasteiger partial charge < -0.3 is 20.5 Å². The summed E-state index contributed by atoms with van der Waals surface area (Å²) in [4.78, 5) is 12.1. The van der Waals surface area contributed by atoms with Gasteiger partial charge in [-0.2, -0.15) is 0 Å². The highest BCUT2D eigenvalue weighted by Gasteiger charge is 2.09. The van der Waals surface area contributed by atoms with Crippen LogP contribution in [0.1, 0.15) is 50.4 Å². The normalized spacial score (nSPS) is 10.7. The SMILES string of the molecule is CCCCOc1cc(C(=O)NCCCOC(C)C)ccc1N. The van der Waals surface area contributed by atoms with Gasteiger partial charge in [-0.3, -0.25) is 4.79 Å². The number of carbonyl (C=O) groups is 1. The minimum absolute atomic E-state index is 0.120. The van der Waals surface area contributed by atoms with Gasteiger partial charge in [0, 0.05) is 18.7 Å². The van der Waals surface area contributed by atoms with Crippen LogP contribution in [0.3, 0.4) is 0 Å². The van der Waals surface area contributed by atoms with Crippen LogP contribution in [0.2, 0.25) is 0 Å². The Morgan fingerprint density at radius 1 is 1.27 bits per heavy atom. The standard InChI is InChI=1S/C17H28N2O3/c1-4-5-10-22-16-12-14(7-8-15(16)18)17(20)19-9-6-11-21-13(2)3/h7-8,12-13H,4-6,9-11,18H2,1-3H3,(H,19,20). The first-order valence-corrected chi connectivity index (χ1v) is 7.96. The van der Waals surface area contributed by atoms with E-state index in [0.717, 1.165) is 19.3 Å². The van der Waals surface area contributed by atoms with E-state index in [4.69, 9.17) is 15.2 Å². The molecule has 0 fully saturated rings. The summed E-state index contributed by atoms with van der Waals surface area (Å²) in [5.41, 5.74) is 6.98. The van der Waals surface area contributed by atoms with E-state index in [-0.39, 0.29) is 12.0 Å². The van der Waals surface area contributed by atoms with Gasteiger partial charge in [0.05, 0.1) is 18.4 Å². The van der Waals surface area contributed by atoms with Crippen LogP contribution < -0.4 is 15.8 Å². The Bertz CT molecular complexity index is 461. The number of hydrogen-bond acceptors (Lipinski definition) is 4. The molecule has 1 aromatic carbocycles. The topological polar surface area (TPSA) is 73.6 Å². The third-order valence-corrected chi connectivity index (χ3v) is 3.09. The van der Waals surface area contributed by atoms with Gasteiger partial charge >= 0.3 is 0 Å². The van der Waals surface area contributed by atoms with Crippen molar-refractivity contribution in [2.24, 2.45) is 0 Å². The summed E-state index contributed by atoms with van der Waals surface area (Å²) in [6, 6.07) is 5.12. The van der Waals surface area contributed by atoms with Crippen molar-refractivity contribution in [1.82, 2.24) is 5.32 Å². The predicted molar refractivity (Wildman–Crippen MR) is 89.3 cm³/mol. The summed E-state index contributed by atoms with van der Waals surface area (Å²) in [6.07, 6.45) is 3.03. The van der Waals surface area contributed by atoms with Gasteiger partial charge in [0.1, 0.15) is 5.75 Å². The highest BCUT2D eigenvalue weighted by atomic mass is 16.5. The molecule has 124 valence electrons. The fraction of sp³-hybridized carbons (Fsp3) is 0.588. The molecule has 0 bridgehead atoms. The van der Waals surface area contributed by atoms with Crippen LogP contribution in [0.25, 0.3) is 0 Å². The number of ether oxygens (including phenoxy) is 2. The van der Waals surface area contributed by atoms with Gasteiger partial charge in [-0.15, -0.1) is 0 Å². The van der Waals surface area contributed by atoms with E-state index in [1.807, 2.05) is 13.8 Å². The number of amides is 1. The zero-order valence-corrected chi connectivity index (χ0v) is 13.9. The monoisotopic (exact) mass is 308 g/mol. The van der Waals surface area contributed by atoms with Crippen molar-refractivity contribution in [1.29, 1.82) is 0 Å². The van der Waals surface area contributed by atoms with Gasteiger partial charge in [0.15, 0.2) is 0 Å². The third-order valence-electron chi connectivity index (χ3n) is 3.09. The number of benzene rings is 1. The van der Waals surface area contributed by atoms with Gasteiger partial charge in [-0.1, -0.05) is 13.3 Å². The van der Waals surface area contributed by atoms with Gasteiger partial charge in [0.25, 0.3) is 5.91 Å². The summed E-state index contributed by atoms with van der Waals surface area (Å²) < 4.78 is 11.0. The average Bonchev–Trinajstić information content (AvgIpc) is 2.48. The number of unbranched alkanes of at least 4 members (excludes halogenated alkanes) is 1. The minimum atomic E-state index is -0.120. The van der Waals surface area contributed by atoms with Crippen LogP contribution in [-0.2, 0) is 4.74 Å². The van der Waals surface area contributed by atoms with Crippen molar-refractivity contribution in [3.05, 3.63) is 23.8 Å². The average molecular weight is 308 g/mol.